The van der Waals surface area contributed by atoms with Gasteiger partial charge in [-0.25, -0.2) is 12.8 Å². The minimum absolute atomic E-state index is 0.0201. The molecule has 9 heteroatoms. The van der Waals surface area contributed by atoms with Gasteiger partial charge in [0.15, 0.2) is 0 Å². The summed E-state index contributed by atoms with van der Waals surface area (Å²) in [5.41, 5.74) is 1.96. The second kappa shape index (κ2) is 11.4. The van der Waals surface area contributed by atoms with Gasteiger partial charge in [0.2, 0.25) is 0 Å². The number of carbonyl (C=O) groups is 1. The van der Waals surface area contributed by atoms with E-state index in [0.717, 1.165) is 39.3 Å². The van der Waals surface area contributed by atoms with E-state index in [-0.39, 0.29) is 16.5 Å². The number of nitrogens with one attached hydrogen (secondary N) is 2. The van der Waals surface area contributed by atoms with Crippen LogP contribution in [0.25, 0.3) is 0 Å². The summed E-state index contributed by atoms with van der Waals surface area (Å²) < 4.78 is 40.5. The van der Waals surface area contributed by atoms with Gasteiger partial charge in [0.25, 0.3) is 15.9 Å². The van der Waals surface area contributed by atoms with Gasteiger partial charge in [-0.05, 0) is 54.1 Å². The van der Waals surface area contributed by atoms with Crippen molar-refractivity contribution >= 4 is 21.6 Å². The highest BCUT2D eigenvalue weighted by molar-refractivity contribution is 7.92. The molecular formula is C26H29FN4O3S. The van der Waals surface area contributed by atoms with E-state index in [4.69, 9.17) is 0 Å². The van der Waals surface area contributed by atoms with Crippen LogP contribution in [0.5, 0.6) is 0 Å². The minimum Gasteiger partial charge on any atom is -0.351 e. The zero-order chi connectivity index (χ0) is 24.7. The van der Waals surface area contributed by atoms with Crippen LogP contribution in [0.1, 0.15) is 15.9 Å². The molecule has 184 valence electrons. The minimum atomic E-state index is -3.84. The van der Waals surface area contributed by atoms with Crippen molar-refractivity contribution in [1.29, 1.82) is 0 Å². The summed E-state index contributed by atoms with van der Waals surface area (Å²) in [6.07, 6.45) is 0. The topological polar surface area (TPSA) is 81.8 Å². The number of carbonyl (C=O) groups excluding carboxylic acids is 1. The van der Waals surface area contributed by atoms with Crippen molar-refractivity contribution in [3.8, 4) is 0 Å². The molecule has 0 spiro atoms. The van der Waals surface area contributed by atoms with Crippen molar-refractivity contribution in [3.63, 3.8) is 0 Å². The fourth-order valence-corrected chi connectivity index (χ4v) is 5.02. The molecule has 0 saturated carbocycles. The second-order valence-electron chi connectivity index (χ2n) is 8.50. The monoisotopic (exact) mass is 496 g/mol. The first kappa shape index (κ1) is 24.8. The SMILES string of the molecule is O=C(NCCN1CCN(Cc2ccccc2)CC1)c1ccc(S(=O)(=O)Nc2ccc(F)cc2)cc1. The van der Waals surface area contributed by atoms with Gasteiger partial charge in [-0.15, -0.1) is 0 Å². The van der Waals surface area contributed by atoms with E-state index in [1.54, 1.807) is 0 Å². The molecule has 1 aliphatic heterocycles. The number of nitrogens with zero attached hydrogens (tertiary/aromatic N) is 2. The molecule has 1 saturated heterocycles. The van der Waals surface area contributed by atoms with Crippen molar-refractivity contribution in [2.75, 3.05) is 44.0 Å². The van der Waals surface area contributed by atoms with E-state index >= 15 is 0 Å². The average molecular weight is 497 g/mol. The van der Waals surface area contributed by atoms with Crippen molar-refractivity contribution in [2.24, 2.45) is 0 Å². The van der Waals surface area contributed by atoms with E-state index in [9.17, 15) is 17.6 Å². The zero-order valence-electron chi connectivity index (χ0n) is 19.4. The van der Waals surface area contributed by atoms with Gasteiger partial charge < -0.3 is 5.32 Å². The Bertz CT molecular complexity index is 1210. The van der Waals surface area contributed by atoms with E-state index < -0.39 is 15.8 Å². The fourth-order valence-electron chi connectivity index (χ4n) is 3.96. The number of piperazine rings is 1. The first-order chi connectivity index (χ1) is 16.9. The maximum absolute atomic E-state index is 13.0. The Morgan fingerprint density at radius 3 is 2.11 bits per heavy atom. The summed E-state index contributed by atoms with van der Waals surface area (Å²) in [6.45, 7) is 6.13. The van der Waals surface area contributed by atoms with Crippen LogP contribution >= 0.6 is 0 Å². The number of hydrogen-bond donors (Lipinski definition) is 2. The van der Waals surface area contributed by atoms with E-state index in [1.165, 1.54) is 54.1 Å². The van der Waals surface area contributed by atoms with Crippen LogP contribution in [0.15, 0.2) is 83.8 Å². The van der Waals surface area contributed by atoms with Crippen molar-refractivity contribution in [1.82, 2.24) is 15.1 Å². The molecular weight excluding hydrogens is 467 g/mol. The first-order valence-electron chi connectivity index (χ1n) is 11.5. The second-order valence-corrected chi connectivity index (χ2v) is 10.2. The zero-order valence-corrected chi connectivity index (χ0v) is 20.2. The lowest BCUT2D eigenvalue weighted by Gasteiger charge is -2.34. The molecule has 0 aliphatic carbocycles. The molecule has 0 bridgehead atoms. The van der Waals surface area contributed by atoms with Gasteiger partial charge in [0.1, 0.15) is 5.82 Å². The van der Waals surface area contributed by atoms with Crippen LogP contribution < -0.4 is 10.0 Å². The molecule has 1 aliphatic rings. The Kier molecular flexibility index (Phi) is 8.12. The molecule has 0 unspecified atom stereocenters. The van der Waals surface area contributed by atoms with Gasteiger partial charge >= 0.3 is 0 Å². The number of amides is 1. The van der Waals surface area contributed by atoms with Crippen LogP contribution in [-0.4, -0.2) is 63.4 Å². The third-order valence-electron chi connectivity index (χ3n) is 5.95. The Morgan fingerprint density at radius 2 is 1.46 bits per heavy atom. The van der Waals surface area contributed by atoms with Crippen LogP contribution in [0.4, 0.5) is 10.1 Å². The van der Waals surface area contributed by atoms with Crippen molar-refractivity contribution in [3.05, 3.63) is 95.8 Å². The van der Waals surface area contributed by atoms with Crippen LogP contribution in [0.2, 0.25) is 0 Å². The molecule has 1 amide bonds. The van der Waals surface area contributed by atoms with E-state index in [0.29, 0.717) is 12.1 Å². The number of hydrogen-bond acceptors (Lipinski definition) is 5. The van der Waals surface area contributed by atoms with Crippen molar-refractivity contribution < 1.29 is 17.6 Å². The summed E-state index contributed by atoms with van der Waals surface area (Å²) in [5, 5.41) is 2.91. The number of anilines is 1. The van der Waals surface area contributed by atoms with Gasteiger partial charge in [-0.1, -0.05) is 30.3 Å². The molecule has 0 radical (unpaired) electrons. The lowest BCUT2D eigenvalue weighted by Crippen LogP contribution is -2.48. The molecule has 35 heavy (non-hydrogen) atoms. The Morgan fingerprint density at radius 1 is 0.829 bits per heavy atom. The predicted octanol–water partition coefficient (Wildman–Crippen LogP) is 3.17. The first-order valence-corrected chi connectivity index (χ1v) is 13.0. The molecule has 3 aromatic rings. The number of benzene rings is 3. The highest BCUT2D eigenvalue weighted by atomic mass is 32.2. The maximum atomic E-state index is 13.0. The average Bonchev–Trinajstić information content (AvgIpc) is 2.87. The van der Waals surface area contributed by atoms with Crippen LogP contribution in [-0.2, 0) is 16.6 Å². The van der Waals surface area contributed by atoms with Gasteiger partial charge in [0, 0.05) is 57.1 Å². The molecule has 1 fully saturated rings. The lowest BCUT2D eigenvalue weighted by molar-refractivity contribution is 0.0934. The van der Waals surface area contributed by atoms with Crippen LogP contribution in [0, 0.1) is 5.82 Å². The Labute approximate surface area is 205 Å². The summed E-state index contributed by atoms with van der Waals surface area (Å²) in [4.78, 5) is 17.3. The van der Waals surface area contributed by atoms with E-state index in [2.05, 4.69) is 44.1 Å². The summed E-state index contributed by atoms with van der Waals surface area (Å²) in [5.74, 6) is -0.697. The molecule has 0 atom stereocenters. The maximum Gasteiger partial charge on any atom is 0.261 e. The normalized spacial score (nSPS) is 15.0. The molecule has 4 rings (SSSR count). The van der Waals surface area contributed by atoms with Gasteiger partial charge in [-0.2, -0.15) is 0 Å². The van der Waals surface area contributed by atoms with Crippen molar-refractivity contribution in [2.45, 2.75) is 11.4 Å². The Balaban J connectivity index is 1.21. The highest BCUT2D eigenvalue weighted by Crippen LogP contribution is 2.17. The highest BCUT2D eigenvalue weighted by Gasteiger charge is 2.18. The fraction of sp³-hybridized carbons (Fsp3) is 0.269. The van der Waals surface area contributed by atoms with E-state index in [1.807, 2.05) is 6.07 Å². The molecule has 2 N–H and O–H groups in total. The molecule has 7 nitrogen and oxygen atoms in total. The summed E-state index contributed by atoms with van der Waals surface area (Å²) in [7, 11) is -3.84. The molecule has 1 heterocycles. The molecule has 3 aromatic carbocycles. The van der Waals surface area contributed by atoms with Gasteiger partial charge in [-0.3, -0.25) is 19.3 Å². The Hall–Kier alpha value is -3.27. The van der Waals surface area contributed by atoms with Crippen LogP contribution in [0.3, 0.4) is 0 Å². The third-order valence-corrected chi connectivity index (χ3v) is 7.35. The predicted molar refractivity (Wildman–Crippen MR) is 134 cm³/mol. The summed E-state index contributed by atoms with van der Waals surface area (Å²) in [6, 6.07) is 21.2. The number of rotatable bonds is 9. The third kappa shape index (κ3) is 7.11. The summed E-state index contributed by atoms with van der Waals surface area (Å²) >= 11 is 0. The standard InChI is InChI=1S/C26H29FN4O3S/c27-23-8-10-24(11-9-23)29-35(33,34)25-12-6-22(7-13-25)26(32)28-14-15-30-16-18-31(19-17-30)20-21-4-2-1-3-5-21/h1-13,29H,14-20H2,(H,28,32). The largest absolute Gasteiger partial charge is 0.351 e. The smallest absolute Gasteiger partial charge is 0.261 e. The molecule has 0 aromatic heterocycles. The van der Waals surface area contributed by atoms with Gasteiger partial charge in [0.05, 0.1) is 4.90 Å². The number of sulfonamides is 1. The lowest BCUT2D eigenvalue weighted by atomic mass is 10.2. The number of halogens is 1. The quantitative estimate of drug-likeness (QED) is 0.476.